The van der Waals surface area contributed by atoms with E-state index in [0.717, 1.165) is 43.4 Å². The highest BCUT2D eigenvalue weighted by Crippen LogP contribution is 2.64. The number of nitrogens with one attached hydrogen (secondary N) is 1. The van der Waals surface area contributed by atoms with Gasteiger partial charge >= 0.3 is 0 Å². The second kappa shape index (κ2) is 5.41. The quantitative estimate of drug-likeness (QED) is 0.915. The van der Waals surface area contributed by atoms with Crippen LogP contribution in [-0.2, 0) is 10.3 Å². The van der Waals surface area contributed by atoms with Crippen molar-refractivity contribution < 1.29 is 4.79 Å². The molecule has 0 spiro atoms. The molecule has 136 valence electrons. The Hall–Kier alpha value is -2.17. The van der Waals surface area contributed by atoms with Crippen molar-refractivity contribution in [1.29, 1.82) is 0 Å². The van der Waals surface area contributed by atoms with Gasteiger partial charge in [0, 0.05) is 5.69 Å². The van der Waals surface area contributed by atoms with Gasteiger partial charge in [-0.2, -0.15) is 5.10 Å². The maximum Gasteiger partial charge on any atom is 0.230 e. The lowest BCUT2D eigenvalue weighted by molar-refractivity contribution is -0.150. The minimum absolute atomic E-state index is 0.0136. The van der Waals surface area contributed by atoms with Gasteiger partial charge in [-0.25, -0.2) is 9.67 Å². The molecule has 4 atom stereocenters. The Morgan fingerprint density at radius 3 is 2.62 bits per heavy atom. The summed E-state index contributed by atoms with van der Waals surface area (Å²) in [4.78, 5) is 17.6. The van der Waals surface area contributed by atoms with Crippen molar-refractivity contribution in [3.05, 3.63) is 42.0 Å². The van der Waals surface area contributed by atoms with E-state index in [4.69, 9.17) is 0 Å². The fourth-order valence-electron chi connectivity index (χ4n) is 6.41. The van der Waals surface area contributed by atoms with Crippen LogP contribution in [0.25, 0.3) is 0 Å². The van der Waals surface area contributed by atoms with Crippen molar-refractivity contribution >= 4 is 11.6 Å². The number of hydrogen-bond acceptors (Lipinski definition) is 3. The Labute approximate surface area is 154 Å². The summed E-state index contributed by atoms with van der Waals surface area (Å²) in [5, 5.41) is 7.75. The number of aryl methyl sites for hydroxylation is 2. The molecule has 2 aromatic rings. The molecule has 0 saturated heterocycles. The topological polar surface area (TPSA) is 59.8 Å². The lowest BCUT2D eigenvalue weighted by atomic mass is 9.46. The summed E-state index contributed by atoms with van der Waals surface area (Å²) in [6.07, 6.45) is 9.98. The summed E-state index contributed by atoms with van der Waals surface area (Å²) in [7, 11) is 0. The minimum Gasteiger partial charge on any atom is -0.325 e. The van der Waals surface area contributed by atoms with E-state index < -0.39 is 0 Å². The van der Waals surface area contributed by atoms with Crippen LogP contribution in [0, 0.1) is 31.1 Å². The van der Waals surface area contributed by atoms with Crippen LogP contribution < -0.4 is 5.32 Å². The molecule has 4 saturated carbocycles. The Bertz CT molecular complexity index is 843. The van der Waals surface area contributed by atoms with Crippen molar-refractivity contribution in [2.24, 2.45) is 17.3 Å². The molecular formula is C21H26N4O. The first-order valence-corrected chi connectivity index (χ1v) is 9.72. The predicted octanol–water partition coefficient (Wildman–Crippen LogP) is 3.83. The van der Waals surface area contributed by atoms with Gasteiger partial charge in [0.2, 0.25) is 5.91 Å². The Morgan fingerprint density at radius 2 is 1.96 bits per heavy atom. The zero-order valence-corrected chi connectivity index (χ0v) is 15.5. The minimum atomic E-state index is -0.257. The number of hydrogen-bond donors (Lipinski definition) is 1. The second-order valence-corrected chi connectivity index (χ2v) is 9.08. The summed E-state index contributed by atoms with van der Waals surface area (Å²) in [5.41, 5.74) is 3.04. The lowest BCUT2D eigenvalue weighted by Crippen LogP contribution is -2.60. The van der Waals surface area contributed by atoms with E-state index in [0.29, 0.717) is 11.8 Å². The van der Waals surface area contributed by atoms with E-state index >= 15 is 0 Å². The molecule has 5 heteroatoms. The molecule has 1 heterocycles. The SMILES string of the molecule is Cc1ccc(NC(=O)C23C[C@H]4C[C@@H](C2)CC(n2cncn2)(C4)C3)c(C)c1. The van der Waals surface area contributed by atoms with Crippen molar-refractivity contribution in [3.8, 4) is 0 Å². The molecule has 5 nitrogen and oxygen atoms in total. The Morgan fingerprint density at radius 1 is 1.19 bits per heavy atom. The molecule has 1 aromatic heterocycles. The number of anilines is 1. The molecule has 6 rings (SSSR count). The number of aromatic nitrogens is 3. The van der Waals surface area contributed by atoms with E-state index in [-0.39, 0.29) is 16.9 Å². The number of amides is 1. The molecule has 4 bridgehead atoms. The number of carbonyl (C=O) groups is 1. The average molecular weight is 350 g/mol. The molecule has 0 aliphatic heterocycles. The summed E-state index contributed by atoms with van der Waals surface area (Å²) >= 11 is 0. The molecule has 0 radical (unpaired) electrons. The fourth-order valence-corrected chi connectivity index (χ4v) is 6.41. The van der Waals surface area contributed by atoms with Gasteiger partial charge in [0.25, 0.3) is 0 Å². The largest absolute Gasteiger partial charge is 0.325 e. The van der Waals surface area contributed by atoms with Crippen LogP contribution in [0.5, 0.6) is 0 Å². The summed E-state index contributed by atoms with van der Waals surface area (Å²) in [5.74, 6) is 1.47. The normalized spacial score (nSPS) is 34.8. The van der Waals surface area contributed by atoms with Gasteiger partial charge in [0.15, 0.2) is 0 Å². The molecule has 4 aliphatic carbocycles. The number of benzene rings is 1. The second-order valence-electron chi connectivity index (χ2n) is 9.08. The van der Waals surface area contributed by atoms with Crippen LogP contribution in [0.4, 0.5) is 5.69 Å². The fraction of sp³-hybridized carbons (Fsp3) is 0.571. The third-order valence-electron chi connectivity index (χ3n) is 7.05. The maximum absolute atomic E-state index is 13.5. The van der Waals surface area contributed by atoms with Crippen molar-refractivity contribution in [1.82, 2.24) is 14.8 Å². The van der Waals surface area contributed by atoms with E-state index in [2.05, 4.69) is 46.1 Å². The molecule has 1 amide bonds. The van der Waals surface area contributed by atoms with Gasteiger partial charge in [0.1, 0.15) is 12.7 Å². The van der Waals surface area contributed by atoms with Crippen molar-refractivity contribution in [2.45, 2.75) is 57.9 Å². The van der Waals surface area contributed by atoms with Gasteiger partial charge in [-0.15, -0.1) is 0 Å². The monoisotopic (exact) mass is 350 g/mol. The van der Waals surface area contributed by atoms with Crippen molar-refractivity contribution in [3.63, 3.8) is 0 Å². The number of carbonyl (C=O) groups excluding carboxylic acids is 1. The zero-order chi connectivity index (χ0) is 17.9. The van der Waals surface area contributed by atoms with Crippen LogP contribution in [0.2, 0.25) is 0 Å². The smallest absolute Gasteiger partial charge is 0.230 e. The van der Waals surface area contributed by atoms with Crippen LogP contribution in [-0.4, -0.2) is 20.7 Å². The Balaban J connectivity index is 1.47. The summed E-state index contributed by atoms with van der Waals surface area (Å²) < 4.78 is 2.06. The first kappa shape index (κ1) is 16.0. The average Bonchev–Trinajstić information content (AvgIpc) is 3.11. The molecule has 2 unspecified atom stereocenters. The van der Waals surface area contributed by atoms with E-state index in [1.54, 1.807) is 6.33 Å². The summed E-state index contributed by atoms with van der Waals surface area (Å²) in [6.45, 7) is 4.15. The van der Waals surface area contributed by atoms with Crippen LogP contribution >= 0.6 is 0 Å². The zero-order valence-electron chi connectivity index (χ0n) is 15.5. The van der Waals surface area contributed by atoms with Crippen molar-refractivity contribution in [2.75, 3.05) is 5.32 Å². The number of nitrogens with zero attached hydrogens (tertiary/aromatic N) is 3. The highest BCUT2D eigenvalue weighted by atomic mass is 16.2. The van der Waals surface area contributed by atoms with Gasteiger partial charge in [-0.3, -0.25) is 4.79 Å². The molecule has 4 aliphatic rings. The van der Waals surface area contributed by atoms with E-state index in [1.807, 2.05) is 12.4 Å². The first-order chi connectivity index (χ1) is 12.5. The van der Waals surface area contributed by atoms with Crippen LogP contribution in [0.3, 0.4) is 0 Å². The lowest BCUT2D eigenvalue weighted by Gasteiger charge is -2.60. The number of rotatable bonds is 3. The molecular weight excluding hydrogens is 324 g/mol. The highest BCUT2D eigenvalue weighted by Gasteiger charge is 2.61. The van der Waals surface area contributed by atoms with E-state index in [1.165, 1.54) is 12.0 Å². The third kappa shape index (κ3) is 2.32. The molecule has 26 heavy (non-hydrogen) atoms. The van der Waals surface area contributed by atoms with Crippen LogP contribution in [0.1, 0.15) is 49.7 Å². The van der Waals surface area contributed by atoms with Gasteiger partial charge in [0.05, 0.1) is 11.0 Å². The van der Waals surface area contributed by atoms with Gasteiger partial charge < -0.3 is 5.32 Å². The van der Waals surface area contributed by atoms with Gasteiger partial charge in [-0.05, 0) is 75.8 Å². The predicted molar refractivity (Wildman–Crippen MR) is 99.7 cm³/mol. The van der Waals surface area contributed by atoms with Crippen LogP contribution in [0.15, 0.2) is 30.9 Å². The summed E-state index contributed by atoms with van der Waals surface area (Å²) in [6, 6.07) is 6.24. The molecule has 1 aromatic carbocycles. The third-order valence-corrected chi connectivity index (χ3v) is 7.05. The molecule has 4 fully saturated rings. The molecule has 1 N–H and O–H groups in total. The highest BCUT2D eigenvalue weighted by molar-refractivity contribution is 5.96. The maximum atomic E-state index is 13.5. The van der Waals surface area contributed by atoms with Gasteiger partial charge in [-0.1, -0.05) is 17.7 Å². The Kier molecular flexibility index (Phi) is 3.34. The first-order valence-electron chi connectivity index (χ1n) is 9.72. The standard InChI is InChI=1S/C21H26N4O/c1-14-3-4-18(15(2)5-14)24-19(26)20-7-16-6-17(8-20)10-21(9-16,11-20)25-13-22-12-23-25/h3-5,12-13,16-17H,6-11H2,1-2H3,(H,24,26)/t16-,17+,20?,21?. The van der Waals surface area contributed by atoms with E-state index in [9.17, 15) is 4.79 Å².